The van der Waals surface area contributed by atoms with Gasteiger partial charge in [0, 0.05) is 35.2 Å². The third-order valence-corrected chi connectivity index (χ3v) is 4.76. The Morgan fingerprint density at radius 1 is 1.41 bits per heavy atom. The summed E-state index contributed by atoms with van der Waals surface area (Å²) < 4.78 is 28.6. The number of nitriles is 1. The van der Waals surface area contributed by atoms with Crippen molar-refractivity contribution in [3.63, 3.8) is 0 Å². The number of rotatable bonds is 3. The number of hydrogen-bond donors (Lipinski definition) is 2. The molecule has 0 aliphatic rings. The van der Waals surface area contributed by atoms with E-state index in [1.54, 1.807) is 25.2 Å². The SMILES string of the molecule is Cn1nc(NS(=O)(=O)c2c[nH]c3cc(Cl)ccc23)cc1C#N. The van der Waals surface area contributed by atoms with Crippen LogP contribution in [0.2, 0.25) is 5.02 Å². The quantitative estimate of drug-likeness (QED) is 0.765. The molecule has 0 aliphatic carbocycles. The van der Waals surface area contributed by atoms with Crippen molar-refractivity contribution >= 4 is 38.3 Å². The van der Waals surface area contributed by atoms with Gasteiger partial charge in [0.2, 0.25) is 0 Å². The molecule has 9 heteroatoms. The molecule has 0 amide bonds. The lowest BCUT2D eigenvalue weighted by Gasteiger charge is -2.03. The molecule has 2 aromatic heterocycles. The Balaban J connectivity index is 2.03. The number of fused-ring (bicyclic) bond motifs is 1. The van der Waals surface area contributed by atoms with Crippen LogP contribution in [0.25, 0.3) is 10.9 Å². The summed E-state index contributed by atoms with van der Waals surface area (Å²) in [7, 11) is -2.27. The van der Waals surface area contributed by atoms with E-state index in [1.165, 1.54) is 16.9 Å². The van der Waals surface area contributed by atoms with Gasteiger partial charge in [-0.3, -0.25) is 9.40 Å². The molecule has 0 spiro atoms. The minimum Gasteiger partial charge on any atom is -0.360 e. The molecule has 0 atom stereocenters. The van der Waals surface area contributed by atoms with Crippen LogP contribution in [0.5, 0.6) is 0 Å². The number of halogens is 1. The lowest BCUT2D eigenvalue weighted by Crippen LogP contribution is -2.13. The average Bonchev–Trinajstić information content (AvgIpc) is 3.01. The number of aromatic amines is 1. The molecule has 0 bridgehead atoms. The van der Waals surface area contributed by atoms with Crippen molar-refractivity contribution in [1.82, 2.24) is 14.8 Å². The van der Waals surface area contributed by atoms with Gasteiger partial charge in [0.1, 0.15) is 16.7 Å². The second-order valence-electron chi connectivity index (χ2n) is 4.60. The summed E-state index contributed by atoms with van der Waals surface area (Å²) >= 11 is 5.88. The Kier molecular flexibility index (Phi) is 3.31. The number of anilines is 1. The summed E-state index contributed by atoms with van der Waals surface area (Å²) in [6.45, 7) is 0. The topological polar surface area (TPSA) is 104 Å². The number of nitrogens with one attached hydrogen (secondary N) is 2. The van der Waals surface area contributed by atoms with Crippen LogP contribution >= 0.6 is 11.6 Å². The van der Waals surface area contributed by atoms with Crippen molar-refractivity contribution in [3.05, 3.63) is 41.2 Å². The predicted octanol–water partition coefficient (Wildman–Crippen LogP) is 2.23. The van der Waals surface area contributed by atoms with Crippen LogP contribution in [0.3, 0.4) is 0 Å². The second-order valence-corrected chi connectivity index (χ2v) is 6.69. The smallest absolute Gasteiger partial charge is 0.265 e. The Hall–Kier alpha value is -2.50. The lowest BCUT2D eigenvalue weighted by atomic mass is 10.2. The summed E-state index contributed by atoms with van der Waals surface area (Å²) in [5.74, 6) is 0.0855. The maximum atomic E-state index is 12.5. The molecule has 1 aromatic carbocycles. The molecule has 7 nitrogen and oxygen atoms in total. The molecular formula is C13H10ClN5O2S. The number of sulfonamides is 1. The molecule has 2 N–H and O–H groups in total. The van der Waals surface area contributed by atoms with E-state index in [4.69, 9.17) is 16.9 Å². The van der Waals surface area contributed by atoms with Gasteiger partial charge in [0.15, 0.2) is 5.82 Å². The van der Waals surface area contributed by atoms with Gasteiger partial charge in [-0.25, -0.2) is 8.42 Å². The lowest BCUT2D eigenvalue weighted by molar-refractivity contribution is 0.601. The molecule has 112 valence electrons. The van der Waals surface area contributed by atoms with Gasteiger partial charge < -0.3 is 4.98 Å². The summed E-state index contributed by atoms with van der Waals surface area (Å²) in [4.78, 5) is 2.95. The van der Waals surface area contributed by atoms with Crippen LogP contribution < -0.4 is 4.72 Å². The van der Waals surface area contributed by atoms with Crippen molar-refractivity contribution in [3.8, 4) is 6.07 Å². The highest BCUT2D eigenvalue weighted by Crippen LogP contribution is 2.26. The van der Waals surface area contributed by atoms with Crippen LogP contribution in [0, 0.1) is 11.3 Å². The summed E-state index contributed by atoms with van der Waals surface area (Å²) in [6, 6.07) is 8.17. The Labute approximate surface area is 131 Å². The van der Waals surface area contributed by atoms with Crippen LogP contribution in [0.1, 0.15) is 5.69 Å². The number of aryl methyl sites for hydroxylation is 1. The van der Waals surface area contributed by atoms with E-state index < -0.39 is 10.0 Å². The van der Waals surface area contributed by atoms with E-state index in [-0.39, 0.29) is 16.4 Å². The fourth-order valence-electron chi connectivity index (χ4n) is 2.11. The number of hydrogen-bond acceptors (Lipinski definition) is 4. The number of H-pyrrole nitrogens is 1. The van der Waals surface area contributed by atoms with Crippen molar-refractivity contribution in [2.45, 2.75) is 4.90 Å². The molecule has 0 saturated carbocycles. The molecule has 3 aromatic rings. The zero-order valence-corrected chi connectivity index (χ0v) is 12.9. The summed E-state index contributed by atoms with van der Waals surface area (Å²) in [5.41, 5.74) is 0.870. The van der Waals surface area contributed by atoms with E-state index in [0.717, 1.165) is 0 Å². The third kappa shape index (κ3) is 2.41. The van der Waals surface area contributed by atoms with Gasteiger partial charge in [-0.05, 0) is 18.2 Å². The van der Waals surface area contributed by atoms with Gasteiger partial charge >= 0.3 is 0 Å². The normalized spacial score (nSPS) is 11.5. The van der Waals surface area contributed by atoms with Crippen LogP contribution in [-0.4, -0.2) is 23.2 Å². The van der Waals surface area contributed by atoms with Crippen molar-refractivity contribution in [1.29, 1.82) is 5.26 Å². The first-order valence-electron chi connectivity index (χ1n) is 6.14. The fraction of sp³-hybridized carbons (Fsp3) is 0.0769. The average molecular weight is 336 g/mol. The standard InChI is InChI=1S/C13H10ClN5O2S/c1-19-9(6-15)5-13(17-19)18-22(20,21)12-7-16-11-4-8(14)2-3-10(11)12/h2-5,7,16H,1H3,(H,17,18). The largest absolute Gasteiger partial charge is 0.360 e. The molecule has 0 aliphatic heterocycles. The van der Waals surface area contributed by atoms with Crippen LogP contribution in [-0.2, 0) is 17.1 Å². The zero-order valence-electron chi connectivity index (χ0n) is 11.3. The van der Waals surface area contributed by atoms with Gasteiger partial charge in [0.05, 0.1) is 0 Å². The minimum absolute atomic E-state index is 0.0855. The first-order chi connectivity index (χ1) is 10.4. The second kappa shape index (κ2) is 5.05. The number of aromatic nitrogens is 3. The maximum absolute atomic E-state index is 12.5. The van der Waals surface area contributed by atoms with E-state index >= 15 is 0 Å². The first kappa shape index (κ1) is 14.4. The van der Waals surface area contributed by atoms with E-state index in [9.17, 15) is 8.42 Å². The highest BCUT2D eigenvalue weighted by Gasteiger charge is 2.20. The molecule has 0 radical (unpaired) electrons. The molecule has 0 saturated heterocycles. The molecule has 22 heavy (non-hydrogen) atoms. The van der Waals surface area contributed by atoms with Gasteiger partial charge in [-0.1, -0.05) is 11.6 Å². The highest BCUT2D eigenvalue weighted by molar-refractivity contribution is 7.93. The number of benzene rings is 1. The number of nitrogens with zero attached hydrogens (tertiary/aromatic N) is 3. The molecule has 0 unspecified atom stereocenters. The molecular weight excluding hydrogens is 326 g/mol. The Morgan fingerprint density at radius 3 is 2.86 bits per heavy atom. The highest BCUT2D eigenvalue weighted by atomic mass is 35.5. The van der Waals surface area contributed by atoms with Crippen LogP contribution in [0.4, 0.5) is 5.82 Å². The van der Waals surface area contributed by atoms with Crippen LogP contribution in [0.15, 0.2) is 35.4 Å². The van der Waals surface area contributed by atoms with Gasteiger partial charge in [-0.15, -0.1) is 0 Å². The summed E-state index contributed by atoms with van der Waals surface area (Å²) in [6.07, 6.45) is 1.39. The van der Waals surface area contributed by atoms with Crippen molar-refractivity contribution in [2.75, 3.05) is 4.72 Å². The van der Waals surface area contributed by atoms with Gasteiger partial charge in [-0.2, -0.15) is 10.4 Å². The Morgan fingerprint density at radius 2 is 2.18 bits per heavy atom. The summed E-state index contributed by atoms with van der Waals surface area (Å²) in [5, 5.41) is 13.8. The minimum atomic E-state index is -3.83. The molecule has 2 heterocycles. The van der Waals surface area contributed by atoms with Gasteiger partial charge in [0.25, 0.3) is 10.0 Å². The third-order valence-electron chi connectivity index (χ3n) is 3.13. The predicted molar refractivity (Wildman–Crippen MR) is 82.0 cm³/mol. The first-order valence-corrected chi connectivity index (χ1v) is 8.00. The van der Waals surface area contributed by atoms with E-state index in [1.807, 2.05) is 6.07 Å². The fourth-order valence-corrected chi connectivity index (χ4v) is 3.45. The van der Waals surface area contributed by atoms with Crippen molar-refractivity contribution in [2.24, 2.45) is 7.05 Å². The molecule has 0 fully saturated rings. The zero-order chi connectivity index (χ0) is 15.9. The van der Waals surface area contributed by atoms with Crippen molar-refractivity contribution < 1.29 is 8.42 Å². The van der Waals surface area contributed by atoms with E-state index in [2.05, 4.69) is 14.8 Å². The molecule has 3 rings (SSSR count). The van der Waals surface area contributed by atoms with E-state index in [0.29, 0.717) is 15.9 Å². The Bertz CT molecular complexity index is 1010. The maximum Gasteiger partial charge on any atom is 0.265 e. The monoisotopic (exact) mass is 335 g/mol.